The number of rotatable bonds is 2. The number of hydrogen-bond donors (Lipinski definition) is 0. The number of pyridine rings is 1. The van der Waals surface area contributed by atoms with Crippen molar-refractivity contribution in [1.82, 2.24) is 9.97 Å². The number of hydrogen-bond acceptors (Lipinski definition) is 4. The summed E-state index contributed by atoms with van der Waals surface area (Å²) in [7, 11) is 1.39. The van der Waals surface area contributed by atoms with Gasteiger partial charge < -0.3 is 0 Å². The zero-order chi connectivity index (χ0) is 16.6. The largest absolute Gasteiger partial charge is 0.417 e. The summed E-state index contributed by atoms with van der Waals surface area (Å²) in [5.74, 6) is -0.800. The third kappa shape index (κ3) is 2.77. The van der Waals surface area contributed by atoms with Crippen LogP contribution in [0.3, 0.4) is 0 Å². The van der Waals surface area contributed by atoms with E-state index in [9.17, 15) is 18.0 Å². The Hall–Kier alpha value is -2.48. The minimum atomic E-state index is -4.67. The monoisotopic (exact) mass is 337 g/mol. The molecule has 0 aliphatic carbocycles. The number of nitrogens with zero attached hydrogens (tertiary/aromatic N) is 3. The number of amides is 1. The molecule has 0 radical (unpaired) electrons. The Morgan fingerprint density at radius 3 is 2.61 bits per heavy atom. The Bertz CT molecular complexity index is 862. The number of fused-ring (bicyclic) bond motifs is 1. The predicted octanol–water partition coefficient (Wildman–Crippen LogP) is 3.99. The molecular formula is C15H10F3N3OS. The molecule has 2 aromatic heterocycles. The van der Waals surface area contributed by atoms with E-state index >= 15 is 0 Å². The Balaban J connectivity index is 2.19. The normalized spacial score (nSPS) is 11.7. The second kappa shape index (κ2) is 5.62. The SMILES string of the molecule is CN(C(=O)c1cnc2ccccc2c1C(F)(F)F)c1nccs1. The van der Waals surface area contributed by atoms with E-state index in [1.165, 1.54) is 31.4 Å². The lowest BCUT2D eigenvalue weighted by Crippen LogP contribution is -2.29. The van der Waals surface area contributed by atoms with Crippen LogP contribution >= 0.6 is 11.3 Å². The van der Waals surface area contributed by atoms with Crippen molar-refractivity contribution in [2.45, 2.75) is 6.18 Å². The average molecular weight is 337 g/mol. The Labute approximate surface area is 133 Å². The molecule has 0 bridgehead atoms. The first-order chi connectivity index (χ1) is 10.9. The first-order valence-corrected chi connectivity index (χ1v) is 7.40. The fourth-order valence-corrected chi connectivity index (χ4v) is 2.86. The second-order valence-electron chi connectivity index (χ2n) is 4.74. The van der Waals surface area contributed by atoms with Crippen LogP contribution in [-0.4, -0.2) is 22.9 Å². The average Bonchev–Trinajstić information content (AvgIpc) is 3.05. The number of aromatic nitrogens is 2. The van der Waals surface area contributed by atoms with Crippen molar-refractivity contribution < 1.29 is 18.0 Å². The number of benzene rings is 1. The molecule has 4 nitrogen and oxygen atoms in total. The predicted molar refractivity (Wildman–Crippen MR) is 81.6 cm³/mol. The van der Waals surface area contributed by atoms with Gasteiger partial charge in [-0.15, -0.1) is 11.3 Å². The van der Waals surface area contributed by atoms with Crippen LogP contribution in [0.1, 0.15) is 15.9 Å². The third-order valence-corrected chi connectivity index (χ3v) is 4.15. The third-order valence-electron chi connectivity index (χ3n) is 3.30. The number of alkyl halides is 3. The number of thiazole rings is 1. The molecule has 1 aromatic carbocycles. The van der Waals surface area contributed by atoms with Crippen molar-refractivity contribution >= 4 is 33.3 Å². The minimum Gasteiger partial charge on any atom is -0.287 e. The topological polar surface area (TPSA) is 46.1 Å². The molecule has 1 amide bonds. The highest BCUT2D eigenvalue weighted by atomic mass is 32.1. The number of carbonyl (C=O) groups is 1. The first-order valence-electron chi connectivity index (χ1n) is 6.52. The van der Waals surface area contributed by atoms with Gasteiger partial charge in [-0.1, -0.05) is 18.2 Å². The summed E-state index contributed by atoms with van der Waals surface area (Å²) >= 11 is 1.16. The fourth-order valence-electron chi connectivity index (χ4n) is 2.26. The highest BCUT2D eigenvalue weighted by molar-refractivity contribution is 7.13. The van der Waals surface area contributed by atoms with E-state index in [4.69, 9.17) is 0 Å². The fraction of sp³-hybridized carbons (Fsp3) is 0.133. The maximum atomic E-state index is 13.5. The van der Waals surface area contributed by atoms with E-state index in [2.05, 4.69) is 9.97 Å². The summed E-state index contributed by atoms with van der Waals surface area (Å²) < 4.78 is 40.6. The maximum absolute atomic E-state index is 13.5. The lowest BCUT2D eigenvalue weighted by Gasteiger charge is -2.18. The minimum absolute atomic E-state index is 0.0987. The molecule has 0 unspecified atom stereocenters. The van der Waals surface area contributed by atoms with Crippen LogP contribution in [0.15, 0.2) is 42.0 Å². The standard InChI is InChI=1S/C15H10F3N3OS/c1-21(14-19-6-7-23-14)13(22)10-8-20-11-5-3-2-4-9(11)12(10)15(16,17)18/h2-8H,1H3. The molecule has 0 saturated carbocycles. The van der Waals surface area contributed by atoms with Crippen molar-refractivity contribution in [2.75, 3.05) is 11.9 Å². The number of para-hydroxylation sites is 1. The summed E-state index contributed by atoms with van der Waals surface area (Å²) in [5.41, 5.74) is -1.28. The van der Waals surface area contributed by atoms with Gasteiger partial charge in [-0.05, 0) is 6.07 Å². The zero-order valence-corrected chi connectivity index (χ0v) is 12.6. The summed E-state index contributed by atoms with van der Waals surface area (Å²) in [4.78, 5) is 21.5. The van der Waals surface area contributed by atoms with Crippen LogP contribution in [0, 0.1) is 0 Å². The molecule has 0 atom stereocenters. The van der Waals surface area contributed by atoms with Crippen molar-refractivity contribution in [1.29, 1.82) is 0 Å². The van der Waals surface area contributed by atoms with Gasteiger partial charge >= 0.3 is 6.18 Å². The molecule has 118 valence electrons. The highest BCUT2D eigenvalue weighted by Crippen LogP contribution is 2.37. The van der Waals surface area contributed by atoms with Crippen molar-refractivity contribution in [3.05, 3.63) is 53.2 Å². The molecule has 23 heavy (non-hydrogen) atoms. The summed E-state index contributed by atoms with van der Waals surface area (Å²) in [6, 6.07) is 5.87. The van der Waals surface area contributed by atoms with Crippen LogP contribution in [0.2, 0.25) is 0 Å². The van der Waals surface area contributed by atoms with Crippen molar-refractivity contribution in [3.63, 3.8) is 0 Å². The highest BCUT2D eigenvalue weighted by Gasteiger charge is 2.38. The second-order valence-corrected chi connectivity index (χ2v) is 5.61. The van der Waals surface area contributed by atoms with E-state index in [0.717, 1.165) is 22.4 Å². The van der Waals surface area contributed by atoms with Crippen LogP contribution in [0.25, 0.3) is 10.9 Å². The van der Waals surface area contributed by atoms with Crippen molar-refractivity contribution in [2.24, 2.45) is 0 Å². The molecule has 0 N–H and O–H groups in total. The molecule has 2 heterocycles. The van der Waals surface area contributed by atoms with Crippen LogP contribution in [0.4, 0.5) is 18.3 Å². The summed E-state index contributed by atoms with van der Waals surface area (Å²) in [6.07, 6.45) is -2.22. The molecule has 3 rings (SSSR count). The molecule has 0 aliphatic heterocycles. The Morgan fingerprint density at radius 2 is 1.96 bits per heavy atom. The van der Waals surface area contributed by atoms with Gasteiger partial charge in [0.2, 0.25) is 0 Å². The molecular weight excluding hydrogens is 327 g/mol. The van der Waals surface area contributed by atoms with Crippen LogP contribution in [0.5, 0.6) is 0 Å². The van der Waals surface area contributed by atoms with Crippen LogP contribution in [-0.2, 0) is 6.18 Å². The number of halogens is 3. The molecule has 0 aliphatic rings. The van der Waals surface area contributed by atoms with E-state index in [0.29, 0.717) is 5.13 Å². The van der Waals surface area contributed by atoms with Gasteiger partial charge in [0.25, 0.3) is 5.91 Å². The van der Waals surface area contributed by atoms with E-state index in [1.54, 1.807) is 11.4 Å². The van der Waals surface area contributed by atoms with Crippen LogP contribution < -0.4 is 4.90 Å². The van der Waals surface area contributed by atoms with Gasteiger partial charge in [-0.25, -0.2) is 4.98 Å². The molecule has 0 fully saturated rings. The number of anilines is 1. The molecule has 0 saturated heterocycles. The summed E-state index contributed by atoms with van der Waals surface area (Å²) in [5, 5.41) is 1.86. The van der Waals surface area contributed by atoms with Gasteiger partial charge in [0.15, 0.2) is 5.13 Å². The lowest BCUT2D eigenvalue weighted by molar-refractivity contribution is -0.136. The Morgan fingerprint density at radius 1 is 1.22 bits per heavy atom. The van der Waals surface area contributed by atoms with Gasteiger partial charge in [0.05, 0.1) is 16.6 Å². The molecule has 0 spiro atoms. The summed E-state index contributed by atoms with van der Waals surface area (Å²) in [6.45, 7) is 0. The van der Waals surface area contributed by atoms with Gasteiger partial charge in [-0.2, -0.15) is 13.2 Å². The zero-order valence-electron chi connectivity index (χ0n) is 11.8. The Kier molecular flexibility index (Phi) is 3.77. The lowest BCUT2D eigenvalue weighted by atomic mass is 10.0. The van der Waals surface area contributed by atoms with Gasteiger partial charge in [0, 0.05) is 30.2 Å². The van der Waals surface area contributed by atoms with Crippen molar-refractivity contribution in [3.8, 4) is 0 Å². The molecule has 8 heteroatoms. The van der Waals surface area contributed by atoms with E-state index < -0.39 is 23.2 Å². The van der Waals surface area contributed by atoms with Gasteiger partial charge in [-0.3, -0.25) is 14.7 Å². The maximum Gasteiger partial charge on any atom is 0.417 e. The smallest absolute Gasteiger partial charge is 0.287 e. The number of carbonyl (C=O) groups excluding carboxylic acids is 1. The molecule has 3 aromatic rings. The van der Waals surface area contributed by atoms with Gasteiger partial charge in [0.1, 0.15) is 0 Å². The van der Waals surface area contributed by atoms with E-state index in [1.807, 2.05) is 0 Å². The quantitative estimate of drug-likeness (QED) is 0.710. The first kappa shape index (κ1) is 15.4. The van der Waals surface area contributed by atoms with E-state index in [-0.39, 0.29) is 10.9 Å².